The van der Waals surface area contributed by atoms with E-state index in [4.69, 9.17) is 18.9 Å². The van der Waals surface area contributed by atoms with Gasteiger partial charge in [0, 0.05) is 6.92 Å². The minimum Gasteiger partial charge on any atom is -0.457 e. The lowest BCUT2D eigenvalue weighted by atomic mass is 10.2. The molecule has 1 heterocycles. The summed E-state index contributed by atoms with van der Waals surface area (Å²) in [5.41, 5.74) is 0.456. The van der Waals surface area contributed by atoms with Crippen LogP contribution in [0.4, 0.5) is 0 Å². The lowest BCUT2D eigenvalue weighted by Gasteiger charge is -2.11. The molecule has 2 atom stereocenters. The van der Waals surface area contributed by atoms with Crippen molar-refractivity contribution in [3.63, 3.8) is 0 Å². The zero-order chi connectivity index (χ0) is 13.7. The first-order chi connectivity index (χ1) is 9.15. The summed E-state index contributed by atoms with van der Waals surface area (Å²) in [5.74, 6) is -0.903. The number of carbonyl (C=O) groups is 2. The highest BCUT2D eigenvalue weighted by atomic mass is 16.8. The van der Waals surface area contributed by atoms with Crippen LogP contribution in [0.1, 0.15) is 17.3 Å². The molecule has 1 aliphatic heterocycles. The second-order valence-electron chi connectivity index (χ2n) is 3.90. The Morgan fingerprint density at radius 1 is 1.32 bits per heavy atom. The second-order valence-corrected chi connectivity index (χ2v) is 3.90. The van der Waals surface area contributed by atoms with Crippen LogP contribution in [0.2, 0.25) is 0 Å². The Labute approximate surface area is 110 Å². The summed E-state index contributed by atoms with van der Waals surface area (Å²) in [6, 6.07) is 8.61. The third kappa shape index (κ3) is 4.04. The molecule has 0 radical (unpaired) electrons. The number of carbonyl (C=O) groups excluding carboxylic acids is 2. The first kappa shape index (κ1) is 13.5. The average molecular weight is 266 g/mol. The van der Waals surface area contributed by atoms with E-state index in [0.29, 0.717) is 5.56 Å². The highest BCUT2D eigenvalue weighted by molar-refractivity contribution is 5.89. The molecule has 1 aliphatic rings. The Balaban J connectivity index is 1.75. The molecule has 2 rings (SSSR count). The Morgan fingerprint density at radius 2 is 2.05 bits per heavy atom. The van der Waals surface area contributed by atoms with Crippen molar-refractivity contribution in [1.82, 2.24) is 0 Å². The van der Waals surface area contributed by atoms with Crippen LogP contribution in [0.5, 0.6) is 0 Å². The van der Waals surface area contributed by atoms with E-state index < -0.39 is 24.5 Å². The second kappa shape index (κ2) is 6.31. The Bertz CT molecular complexity index is 444. The molecule has 1 aromatic carbocycles. The van der Waals surface area contributed by atoms with Crippen molar-refractivity contribution >= 4 is 11.9 Å². The van der Waals surface area contributed by atoms with Crippen molar-refractivity contribution < 1.29 is 28.5 Å². The molecule has 0 aromatic heterocycles. The van der Waals surface area contributed by atoms with Gasteiger partial charge >= 0.3 is 11.9 Å². The fourth-order valence-corrected chi connectivity index (χ4v) is 1.57. The lowest BCUT2D eigenvalue weighted by Crippen LogP contribution is -2.22. The van der Waals surface area contributed by atoms with Gasteiger partial charge in [0.1, 0.15) is 13.2 Å². The number of hydrogen-bond donors (Lipinski definition) is 0. The van der Waals surface area contributed by atoms with Gasteiger partial charge in [0.2, 0.25) is 6.29 Å². The first-order valence-corrected chi connectivity index (χ1v) is 5.81. The molecule has 0 aliphatic carbocycles. The summed E-state index contributed by atoms with van der Waals surface area (Å²) >= 11 is 0. The van der Waals surface area contributed by atoms with Crippen LogP contribution in [0.3, 0.4) is 0 Å². The zero-order valence-electron chi connectivity index (χ0n) is 10.4. The summed E-state index contributed by atoms with van der Waals surface area (Å²) < 4.78 is 20.2. The van der Waals surface area contributed by atoms with Crippen molar-refractivity contribution in [3.8, 4) is 0 Å². The standard InChI is InChI=1S/C13H14O6/c1-9(14)18-12-8-16-11(19-12)7-17-13(15)10-5-3-2-4-6-10/h2-6,11-12H,7-8H2,1H3/t11-,12?/m0/s1. The SMILES string of the molecule is CC(=O)OC1CO[C@H](COC(=O)c2ccccc2)O1. The summed E-state index contributed by atoms with van der Waals surface area (Å²) in [4.78, 5) is 22.4. The third-order valence-electron chi connectivity index (χ3n) is 2.38. The van der Waals surface area contributed by atoms with Crippen LogP contribution >= 0.6 is 0 Å². The molecular formula is C13H14O6. The van der Waals surface area contributed by atoms with Crippen LogP contribution in [0, 0.1) is 0 Å². The van der Waals surface area contributed by atoms with E-state index in [-0.39, 0.29) is 13.2 Å². The highest BCUT2D eigenvalue weighted by Gasteiger charge is 2.29. The van der Waals surface area contributed by atoms with Crippen molar-refractivity contribution in [1.29, 1.82) is 0 Å². The van der Waals surface area contributed by atoms with Crippen LogP contribution in [-0.2, 0) is 23.7 Å². The molecule has 6 heteroatoms. The minimum absolute atomic E-state index is 0.0501. The quantitative estimate of drug-likeness (QED) is 0.760. The van der Waals surface area contributed by atoms with Gasteiger partial charge in [-0.1, -0.05) is 18.2 Å². The summed E-state index contributed by atoms with van der Waals surface area (Å²) in [5, 5.41) is 0. The maximum Gasteiger partial charge on any atom is 0.338 e. The van der Waals surface area contributed by atoms with E-state index in [1.807, 2.05) is 6.07 Å². The van der Waals surface area contributed by atoms with Gasteiger partial charge in [-0.15, -0.1) is 0 Å². The molecule has 0 spiro atoms. The summed E-state index contributed by atoms with van der Waals surface area (Å²) in [6.45, 7) is 1.37. The van der Waals surface area contributed by atoms with Gasteiger partial charge in [0.05, 0.1) is 5.56 Å². The van der Waals surface area contributed by atoms with Crippen molar-refractivity contribution in [2.24, 2.45) is 0 Å². The van der Waals surface area contributed by atoms with E-state index in [9.17, 15) is 9.59 Å². The summed E-state index contributed by atoms with van der Waals surface area (Å²) in [6.07, 6.45) is -1.45. The monoisotopic (exact) mass is 266 g/mol. The van der Waals surface area contributed by atoms with Gasteiger partial charge in [-0.2, -0.15) is 0 Å². The van der Waals surface area contributed by atoms with Crippen LogP contribution in [-0.4, -0.2) is 37.7 Å². The van der Waals surface area contributed by atoms with Gasteiger partial charge in [-0.3, -0.25) is 4.79 Å². The molecule has 1 fully saturated rings. The van der Waals surface area contributed by atoms with E-state index in [1.165, 1.54) is 6.92 Å². The van der Waals surface area contributed by atoms with Gasteiger partial charge in [0.15, 0.2) is 6.29 Å². The number of hydrogen-bond acceptors (Lipinski definition) is 6. The molecular weight excluding hydrogens is 252 g/mol. The Morgan fingerprint density at radius 3 is 2.74 bits per heavy atom. The molecule has 0 amide bonds. The van der Waals surface area contributed by atoms with Crippen LogP contribution in [0.25, 0.3) is 0 Å². The fourth-order valence-electron chi connectivity index (χ4n) is 1.57. The van der Waals surface area contributed by atoms with Gasteiger partial charge in [-0.25, -0.2) is 4.79 Å². The van der Waals surface area contributed by atoms with Crippen molar-refractivity contribution in [3.05, 3.63) is 35.9 Å². The molecule has 1 aromatic rings. The number of esters is 2. The molecule has 0 saturated carbocycles. The topological polar surface area (TPSA) is 71.1 Å². The average Bonchev–Trinajstić information content (AvgIpc) is 2.84. The van der Waals surface area contributed by atoms with E-state index in [2.05, 4.69) is 0 Å². The fraction of sp³-hybridized carbons (Fsp3) is 0.385. The molecule has 1 saturated heterocycles. The summed E-state index contributed by atoms with van der Waals surface area (Å²) in [7, 11) is 0. The Kier molecular flexibility index (Phi) is 4.48. The third-order valence-corrected chi connectivity index (χ3v) is 2.38. The van der Waals surface area contributed by atoms with Crippen LogP contribution in [0.15, 0.2) is 30.3 Å². The maximum absolute atomic E-state index is 11.6. The van der Waals surface area contributed by atoms with Gasteiger partial charge in [-0.05, 0) is 12.1 Å². The highest BCUT2D eigenvalue weighted by Crippen LogP contribution is 2.14. The molecule has 19 heavy (non-hydrogen) atoms. The normalized spacial score (nSPS) is 21.9. The predicted molar refractivity (Wildman–Crippen MR) is 63.1 cm³/mol. The first-order valence-electron chi connectivity index (χ1n) is 5.81. The van der Waals surface area contributed by atoms with Crippen molar-refractivity contribution in [2.75, 3.05) is 13.2 Å². The molecule has 1 unspecified atom stereocenters. The maximum atomic E-state index is 11.6. The molecule has 6 nitrogen and oxygen atoms in total. The lowest BCUT2D eigenvalue weighted by molar-refractivity contribution is -0.177. The predicted octanol–water partition coefficient (Wildman–Crippen LogP) is 1.11. The Hall–Kier alpha value is -1.92. The van der Waals surface area contributed by atoms with Crippen LogP contribution < -0.4 is 0 Å². The molecule has 0 bridgehead atoms. The van der Waals surface area contributed by atoms with E-state index in [1.54, 1.807) is 24.3 Å². The largest absolute Gasteiger partial charge is 0.457 e. The number of benzene rings is 1. The molecule has 102 valence electrons. The zero-order valence-corrected chi connectivity index (χ0v) is 10.4. The van der Waals surface area contributed by atoms with Gasteiger partial charge in [0.25, 0.3) is 0 Å². The number of ether oxygens (including phenoxy) is 4. The smallest absolute Gasteiger partial charge is 0.338 e. The van der Waals surface area contributed by atoms with Crippen molar-refractivity contribution in [2.45, 2.75) is 19.5 Å². The van der Waals surface area contributed by atoms with E-state index >= 15 is 0 Å². The number of rotatable bonds is 4. The molecule has 0 N–H and O–H groups in total. The van der Waals surface area contributed by atoms with E-state index in [0.717, 1.165) is 0 Å². The minimum atomic E-state index is -0.738. The van der Waals surface area contributed by atoms with Gasteiger partial charge < -0.3 is 18.9 Å².